The Bertz CT molecular complexity index is 943. The van der Waals surface area contributed by atoms with E-state index in [-0.39, 0.29) is 18.3 Å². The van der Waals surface area contributed by atoms with Crippen molar-refractivity contribution >= 4 is 46.5 Å². The third-order valence-electron chi connectivity index (χ3n) is 3.75. The van der Waals surface area contributed by atoms with Gasteiger partial charge < -0.3 is 5.32 Å². The van der Waals surface area contributed by atoms with Crippen molar-refractivity contribution in [2.24, 2.45) is 0 Å². The molecule has 1 amide bonds. The van der Waals surface area contributed by atoms with Crippen molar-refractivity contribution in [1.82, 2.24) is 19.6 Å². The molecule has 136 valence electrons. The van der Waals surface area contributed by atoms with E-state index in [4.69, 9.17) is 34.8 Å². The number of nitrogens with zero attached hydrogens (tertiary/aromatic N) is 4. The Morgan fingerprint density at radius 2 is 1.81 bits per heavy atom. The molecule has 0 aliphatic carbocycles. The zero-order valence-corrected chi connectivity index (χ0v) is 16.4. The molecule has 0 bridgehead atoms. The minimum Gasteiger partial charge on any atom is -0.306 e. The molecule has 0 unspecified atom stereocenters. The molecule has 0 radical (unpaired) electrons. The largest absolute Gasteiger partial charge is 0.306 e. The summed E-state index contributed by atoms with van der Waals surface area (Å²) in [5.41, 5.74) is 2.49. The lowest BCUT2D eigenvalue weighted by molar-refractivity contribution is -0.117. The van der Waals surface area contributed by atoms with Crippen LogP contribution in [-0.4, -0.2) is 25.5 Å². The third-order valence-corrected chi connectivity index (χ3v) is 4.74. The van der Waals surface area contributed by atoms with E-state index < -0.39 is 0 Å². The van der Waals surface area contributed by atoms with Crippen LogP contribution in [0, 0.1) is 13.8 Å². The van der Waals surface area contributed by atoms with Crippen LogP contribution in [-0.2, 0) is 17.9 Å². The van der Waals surface area contributed by atoms with Crippen LogP contribution >= 0.6 is 34.8 Å². The maximum absolute atomic E-state index is 12.2. The summed E-state index contributed by atoms with van der Waals surface area (Å²) in [5, 5.41) is 12.7. The van der Waals surface area contributed by atoms with Crippen LogP contribution in [0.5, 0.6) is 0 Å². The molecule has 0 saturated heterocycles. The molecule has 0 aliphatic rings. The van der Waals surface area contributed by atoms with Gasteiger partial charge in [0.2, 0.25) is 5.91 Å². The molecule has 1 aromatic carbocycles. The van der Waals surface area contributed by atoms with Gasteiger partial charge in [0.05, 0.1) is 12.2 Å². The number of aromatic nitrogens is 4. The number of hydrogen-bond donors (Lipinski definition) is 1. The second kappa shape index (κ2) is 7.70. The van der Waals surface area contributed by atoms with Crippen molar-refractivity contribution in [2.45, 2.75) is 26.9 Å². The zero-order valence-electron chi connectivity index (χ0n) is 14.1. The number of nitrogens with one attached hydrogen (secondary N) is 1. The van der Waals surface area contributed by atoms with Crippen molar-refractivity contribution in [3.8, 4) is 0 Å². The van der Waals surface area contributed by atoms with E-state index in [1.807, 2.05) is 19.9 Å². The summed E-state index contributed by atoms with van der Waals surface area (Å²) in [5.74, 6) is 0.0144. The van der Waals surface area contributed by atoms with E-state index in [1.165, 1.54) is 0 Å². The average molecular weight is 413 g/mol. The SMILES string of the molecule is Cc1cc(C)n(CC(=O)Nc2nn(Cc3c(Cl)cccc3Cl)cc2Cl)n1. The van der Waals surface area contributed by atoms with Gasteiger partial charge in [-0.1, -0.05) is 40.9 Å². The molecular weight excluding hydrogens is 397 g/mol. The van der Waals surface area contributed by atoms with Gasteiger partial charge in [-0.2, -0.15) is 10.2 Å². The van der Waals surface area contributed by atoms with Gasteiger partial charge in [0, 0.05) is 27.5 Å². The highest BCUT2D eigenvalue weighted by Gasteiger charge is 2.14. The molecule has 0 atom stereocenters. The van der Waals surface area contributed by atoms with Crippen LogP contribution in [0.3, 0.4) is 0 Å². The summed E-state index contributed by atoms with van der Waals surface area (Å²) >= 11 is 18.5. The first-order chi connectivity index (χ1) is 12.3. The fraction of sp³-hybridized carbons (Fsp3) is 0.235. The molecule has 6 nitrogen and oxygen atoms in total. The van der Waals surface area contributed by atoms with Crippen molar-refractivity contribution in [2.75, 3.05) is 5.32 Å². The quantitative estimate of drug-likeness (QED) is 0.678. The van der Waals surface area contributed by atoms with Crippen molar-refractivity contribution in [3.05, 3.63) is 62.5 Å². The molecule has 26 heavy (non-hydrogen) atoms. The number of carbonyl (C=O) groups is 1. The van der Waals surface area contributed by atoms with Crippen LogP contribution in [0.2, 0.25) is 15.1 Å². The molecule has 1 N–H and O–H groups in total. The average Bonchev–Trinajstić information content (AvgIpc) is 3.05. The minimum atomic E-state index is -0.265. The van der Waals surface area contributed by atoms with Gasteiger partial charge in [0.15, 0.2) is 5.82 Å². The minimum absolute atomic E-state index is 0.0825. The number of halogens is 3. The molecule has 0 aliphatic heterocycles. The van der Waals surface area contributed by atoms with Gasteiger partial charge in [-0.25, -0.2) is 0 Å². The summed E-state index contributed by atoms with van der Waals surface area (Å²) in [6, 6.07) is 7.19. The van der Waals surface area contributed by atoms with E-state index in [9.17, 15) is 4.79 Å². The fourth-order valence-electron chi connectivity index (χ4n) is 2.55. The summed E-state index contributed by atoms with van der Waals surface area (Å²) in [7, 11) is 0. The summed E-state index contributed by atoms with van der Waals surface area (Å²) in [6.07, 6.45) is 1.61. The fourth-order valence-corrected chi connectivity index (χ4v) is 3.27. The number of benzene rings is 1. The van der Waals surface area contributed by atoms with Gasteiger partial charge in [0.1, 0.15) is 11.6 Å². The Hall–Kier alpha value is -2.02. The molecule has 0 saturated carbocycles. The van der Waals surface area contributed by atoms with Crippen LogP contribution < -0.4 is 5.32 Å². The molecular formula is C17H16Cl3N5O. The van der Waals surface area contributed by atoms with Gasteiger partial charge >= 0.3 is 0 Å². The normalized spacial score (nSPS) is 11.0. The maximum Gasteiger partial charge on any atom is 0.247 e. The van der Waals surface area contributed by atoms with Crippen LogP contribution in [0.25, 0.3) is 0 Å². The number of amides is 1. The summed E-state index contributed by atoms with van der Waals surface area (Å²) < 4.78 is 3.20. The molecule has 0 fully saturated rings. The Labute approximate surface area is 165 Å². The van der Waals surface area contributed by atoms with E-state index in [0.29, 0.717) is 21.6 Å². The van der Waals surface area contributed by atoms with Gasteiger partial charge in [-0.3, -0.25) is 14.2 Å². The molecule has 9 heteroatoms. The lowest BCUT2D eigenvalue weighted by Crippen LogP contribution is -2.21. The zero-order chi connectivity index (χ0) is 18.8. The smallest absolute Gasteiger partial charge is 0.247 e. The van der Waals surface area contributed by atoms with E-state index in [0.717, 1.165) is 17.0 Å². The lowest BCUT2D eigenvalue weighted by Gasteiger charge is -2.07. The van der Waals surface area contributed by atoms with Crippen molar-refractivity contribution in [1.29, 1.82) is 0 Å². The number of carbonyl (C=O) groups excluding carboxylic acids is 1. The molecule has 0 spiro atoms. The highest BCUT2D eigenvalue weighted by atomic mass is 35.5. The van der Waals surface area contributed by atoms with Crippen molar-refractivity contribution < 1.29 is 4.79 Å². The second-order valence-corrected chi connectivity index (χ2v) is 7.08. The van der Waals surface area contributed by atoms with Gasteiger partial charge in [-0.05, 0) is 32.0 Å². The molecule has 3 aromatic rings. The van der Waals surface area contributed by atoms with E-state index >= 15 is 0 Å². The monoisotopic (exact) mass is 411 g/mol. The number of anilines is 1. The Morgan fingerprint density at radius 3 is 2.42 bits per heavy atom. The number of hydrogen-bond acceptors (Lipinski definition) is 3. The summed E-state index contributed by atoms with van der Waals surface area (Å²) in [6.45, 7) is 4.19. The predicted octanol–water partition coefficient (Wildman–Crippen LogP) is 4.34. The van der Waals surface area contributed by atoms with E-state index in [1.54, 1.807) is 33.8 Å². The standard InChI is InChI=1S/C17H16Cl3N5O/c1-10-6-11(2)25(22-10)9-16(26)21-17-15(20)8-24(23-17)7-12-13(18)4-3-5-14(12)19/h3-6,8H,7,9H2,1-2H3,(H,21,23,26). The highest BCUT2D eigenvalue weighted by Crippen LogP contribution is 2.26. The highest BCUT2D eigenvalue weighted by molar-refractivity contribution is 6.36. The topological polar surface area (TPSA) is 64.7 Å². The lowest BCUT2D eigenvalue weighted by atomic mass is 10.2. The Morgan fingerprint density at radius 1 is 1.12 bits per heavy atom. The first-order valence-electron chi connectivity index (χ1n) is 7.80. The number of rotatable bonds is 5. The first kappa shape index (κ1) is 18.8. The van der Waals surface area contributed by atoms with Crippen LogP contribution in [0.15, 0.2) is 30.5 Å². The predicted molar refractivity (Wildman–Crippen MR) is 103 cm³/mol. The number of aryl methyl sites for hydroxylation is 2. The Kier molecular flexibility index (Phi) is 5.55. The third kappa shape index (κ3) is 4.20. The second-order valence-electron chi connectivity index (χ2n) is 5.86. The van der Waals surface area contributed by atoms with Crippen LogP contribution in [0.4, 0.5) is 5.82 Å². The molecule has 2 heterocycles. The first-order valence-corrected chi connectivity index (χ1v) is 8.93. The molecule has 2 aromatic heterocycles. The van der Waals surface area contributed by atoms with E-state index in [2.05, 4.69) is 15.5 Å². The Balaban J connectivity index is 1.72. The van der Waals surface area contributed by atoms with Gasteiger partial charge in [0.25, 0.3) is 0 Å². The van der Waals surface area contributed by atoms with Gasteiger partial charge in [-0.15, -0.1) is 0 Å². The molecule has 3 rings (SSSR count). The van der Waals surface area contributed by atoms with Crippen LogP contribution in [0.1, 0.15) is 17.0 Å². The maximum atomic E-state index is 12.2. The van der Waals surface area contributed by atoms with Crippen molar-refractivity contribution in [3.63, 3.8) is 0 Å². The summed E-state index contributed by atoms with van der Waals surface area (Å²) in [4.78, 5) is 12.2.